The third kappa shape index (κ3) is 4.84. The summed E-state index contributed by atoms with van der Waals surface area (Å²) in [6.45, 7) is 4.57. The maximum atomic E-state index is 13.3. The Balaban J connectivity index is 1.65. The Bertz CT molecular complexity index is 1350. The molecule has 0 radical (unpaired) electrons. The molecule has 0 fully saturated rings. The largest absolute Gasteiger partial charge is 0.494 e. The molecule has 0 spiro atoms. The SMILES string of the molecule is CCOc1ccc(S(=O)(=O)Nc2ccc3c(c2)N(S(=O)(=O)c2ccc(C)cc2)CCC3)cc1. The Labute approximate surface area is 195 Å². The number of fused-ring (bicyclic) bond motifs is 1. The monoisotopic (exact) mass is 486 g/mol. The summed E-state index contributed by atoms with van der Waals surface area (Å²) in [7, 11) is -7.63. The molecule has 0 saturated carbocycles. The lowest BCUT2D eigenvalue weighted by atomic mass is 10.0. The molecule has 0 bridgehead atoms. The second-order valence-corrected chi connectivity index (χ2v) is 11.4. The first-order valence-corrected chi connectivity index (χ1v) is 13.6. The van der Waals surface area contributed by atoms with Gasteiger partial charge >= 0.3 is 0 Å². The summed E-state index contributed by atoms with van der Waals surface area (Å²) < 4.78 is 61.7. The summed E-state index contributed by atoms with van der Waals surface area (Å²) in [5, 5.41) is 0. The van der Waals surface area contributed by atoms with E-state index < -0.39 is 20.0 Å². The van der Waals surface area contributed by atoms with Gasteiger partial charge in [0, 0.05) is 6.54 Å². The zero-order valence-electron chi connectivity index (χ0n) is 18.5. The van der Waals surface area contributed by atoms with Gasteiger partial charge in [0.2, 0.25) is 0 Å². The molecule has 1 aliphatic heterocycles. The zero-order chi connectivity index (χ0) is 23.6. The first-order chi connectivity index (χ1) is 15.7. The minimum Gasteiger partial charge on any atom is -0.494 e. The number of nitrogens with zero attached hydrogens (tertiary/aromatic N) is 1. The fraction of sp³-hybridized carbons (Fsp3) is 0.250. The molecule has 9 heteroatoms. The highest BCUT2D eigenvalue weighted by molar-refractivity contribution is 7.93. The zero-order valence-corrected chi connectivity index (χ0v) is 20.1. The van der Waals surface area contributed by atoms with Crippen molar-refractivity contribution in [3.8, 4) is 5.75 Å². The summed E-state index contributed by atoms with van der Waals surface area (Å²) in [5.41, 5.74) is 2.63. The number of rotatable bonds is 7. The molecule has 4 rings (SSSR count). The van der Waals surface area contributed by atoms with Crippen molar-refractivity contribution < 1.29 is 21.6 Å². The van der Waals surface area contributed by atoms with Crippen LogP contribution in [0.1, 0.15) is 24.5 Å². The number of benzene rings is 3. The summed E-state index contributed by atoms with van der Waals surface area (Å²) in [5.74, 6) is 0.585. The van der Waals surface area contributed by atoms with E-state index in [1.807, 2.05) is 13.8 Å². The van der Waals surface area contributed by atoms with E-state index >= 15 is 0 Å². The van der Waals surface area contributed by atoms with E-state index in [1.54, 1.807) is 54.6 Å². The number of anilines is 2. The van der Waals surface area contributed by atoms with Crippen LogP contribution < -0.4 is 13.8 Å². The summed E-state index contributed by atoms with van der Waals surface area (Å²) in [6.07, 6.45) is 1.41. The van der Waals surface area contributed by atoms with Gasteiger partial charge in [0.1, 0.15) is 5.75 Å². The number of hydrogen-bond acceptors (Lipinski definition) is 5. The Morgan fingerprint density at radius 1 is 0.909 bits per heavy atom. The molecule has 0 atom stereocenters. The minimum atomic E-state index is -3.85. The molecule has 0 aromatic heterocycles. The van der Waals surface area contributed by atoms with Gasteiger partial charge < -0.3 is 4.74 Å². The molecule has 7 nitrogen and oxygen atoms in total. The van der Waals surface area contributed by atoms with Crippen LogP contribution in [0.5, 0.6) is 5.75 Å². The standard InChI is InChI=1S/C24H26N2O5S2/c1-3-31-21-10-14-22(15-11-21)32(27,28)25-20-9-8-19-5-4-16-26(24(19)17-20)33(29,30)23-12-6-18(2)7-13-23/h6-15,17,25H,3-5,16H2,1-2H3. The second kappa shape index (κ2) is 9.07. The molecule has 0 saturated heterocycles. The minimum absolute atomic E-state index is 0.0906. The number of nitrogens with one attached hydrogen (secondary N) is 1. The maximum absolute atomic E-state index is 13.3. The summed E-state index contributed by atoms with van der Waals surface area (Å²) in [4.78, 5) is 0.300. The highest BCUT2D eigenvalue weighted by Crippen LogP contribution is 2.35. The summed E-state index contributed by atoms with van der Waals surface area (Å²) >= 11 is 0. The number of aryl methyl sites for hydroxylation is 2. The molecule has 1 N–H and O–H groups in total. The van der Waals surface area contributed by atoms with E-state index in [9.17, 15) is 16.8 Å². The Kier molecular flexibility index (Phi) is 6.36. The van der Waals surface area contributed by atoms with Gasteiger partial charge in [-0.15, -0.1) is 0 Å². The van der Waals surface area contributed by atoms with E-state index in [-0.39, 0.29) is 9.79 Å². The molecule has 33 heavy (non-hydrogen) atoms. The van der Waals surface area contributed by atoms with Crippen molar-refractivity contribution in [2.24, 2.45) is 0 Å². The smallest absolute Gasteiger partial charge is 0.264 e. The molecule has 0 unspecified atom stereocenters. The van der Waals surface area contributed by atoms with Crippen molar-refractivity contribution >= 4 is 31.4 Å². The molecule has 0 aliphatic carbocycles. The average molecular weight is 487 g/mol. The van der Waals surface area contributed by atoms with Crippen molar-refractivity contribution in [2.45, 2.75) is 36.5 Å². The van der Waals surface area contributed by atoms with E-state index in [1.165, 1.54) is 16.4 Å². The van der Waals surface area contributed by atoms with Gasteiger partial charge in [-0.1, -0.05) is 23.8 Å². The highest BCUT2D eigenvalue weighted by Gasteiger charge is 2.29. The number of hydrogen-bond donors (Lipinski definition) is 1. The van der Waals surface area contributed by atoms with Crippen LogP contribution in [0.4, 0.5) is 11.4 Å². The molecular weight excluding hydrogens is 460 g/mol. The quantitative estimate of drug-likeness (QED) is 0.536. The van der Waals surface area contributed by atoms with Crippen molar-refractivity contribution in [3.05, 3.63) is 77.9 Å². The van der Waals surface area contributed by atoms with Crippen LogP contribution >= 0.6 is 0 Å². The predicted octanol–water partition coefficient (Wildman–Crippen LogP) is 4.34. The Hall–Kier alpha value is -3.04. The Morgan fingerprint density at radius 2 is 1.58 bits per heavy atom. The molecular formula is C24H26N2O5S2. The molecule has 0 amide bonds. The van der Waals surface area contributed by atoms with Crippen LogP contribution in [0.2, 0.25) is 0 Å². The molecule has 3 aromatic carbocycles. The normalized spacial score (nSPS) is 13.9. The van der Waals surface area contributed by atoms with Crippen molar-refractivity contribution in [3.63, 3.8) is 0 Å². The van der Waals surface area contributed by atoms with E-state index in [4.69, 9.17) is 4.74 Å². The fourth-order valence-corrected chi connectivity index (χ4v) is 6.37. The second-order valence-electron chi connectivity index (χ2n) is 7.85. The van der Waals surface area contributed by atoms with Crippen LogP contribution in [0, 0.1) is 6.92 Å². The molecule has 3 aromatic rings. The third-order valence-electron chi connectivity index (χ3n) is 5.47. The lowest BCUT2D eigenvalue weighted by Crippen LogP contribution is -2.35. The van der Waals surface area contributed by atoms with Crippen molar-refractivity contribution in [1.82, 2.24) is 0 Å². The molecule has 1 heterocycles. The van der Waals surface area contributed by atoms with Crippen LogP contribution in [-0.4, -0.2) is 30.0 Å². The predicted molar refractivity (Wildman–Crippen MR) is 129 cm³/mol. The highest BCUT2D eigenvalue weighted by atomic mass is 32.2. The van der Waals surface area contributed by atoms with Gasteiger partial charge in [-0.2, -0.15) is 0 Å². The first kappa shape index (κ1) is 23.1. The van der Waals surface area contributed by atoms with Gasteiger partial charge in [-0.25, -0.2) is 16.8 Å². The van der Waals surface area contributed by atoms with Crippen LogP contribution in [0.25, 0.3) is 0 Å². The van der Waals surface area contributed by atoms with E-state index in [0.29, 0.717) is 36.7 Å². The number of ether oxygens (including phenoxy) is 1. The van der Waals surface area contributed by atoms with Crippen molar-refractivity contribution in [2.75, 3.05) is 22.2 Å². The van der Waals surface area contributed by atoms with Gasteiger partial charge in [0.05, 0.1) is 27.8 Å². The van der Waals surface area contributed by atoms with E-state index in [0.717, 1.165) is 17.5 Å². The lowest BCUT2D eigenvalue weighted by molar-refractivity contribution is 0.340. The average Bonchev–Trinajstić information content (AvgIpc) is 2.79. The van der Waals surface area contributed by atoms with Gasteiger partial charge in [0.15, 0.2) is 0 Å². The van der Waals surface area contributed by atoms with Crippen molar-refractivity contribution in [1.29, 1.82) is 0 Å². The van der Waals surface area contributed by atoms with Gasteiger partial charge in [-0.3, -0.25) is 9.03 Å². The fourth-order valence-electron chi connectivity index (χ4n) is 3.79. The maximum Gasteiger partial charge on any atom is 0.264 e. The molecule has 1 aliphatic rings. The number of sulfonamides is 2. The first-order valence-electron chi connectivity index (χ1n) is 10.7. The van der Waals surface area contributed by atoms with E-state index in [2.05, 4.69) is 4.72 Å². The lowest BCUT2D eigenvalue weighted by Gasteiger charge is -2.31. The summed E-state index contributed by atoms with van der Waals surface area (Å²) in [6, 6.07) is 17.9. The van der Waals surface area contributed by atoms with Crippen LogP contribution in [0.3, 0.4) is 0 Å². The van der Waals surface area contributed by atoms with Crippen LogP contribution in [0.15, 0.2) is 76.5 Å². The Morgan fingerprint density at radius 3 is 2.24 bits per heavy atom. The molecule has 174 valence electrons. The third-order valence-corrected chi connectivity index (χ3v) is 8.69. The van der Waals surface area contributed by atoms with Gasteiger partial charge in [0.25, 0.3) is 20.0 Å². The van der Waals surface area contributed by atoms with Crippen LogP contribution in [-0.2, 0) is 26.5 Å². The topological polar surface area (TPSA) is 92.8 Å². The van der Waals surface area contributed by atoms with Gasteiger partial charge in [-0.05, 0) is 80.8 Å².